The highest BCUT2D eigenvalue weighted by molar-refractivity contribution is 7.84. The van der Waals surface area contributed by atoms with Gasteiger partial charge in [-0.3, -0.25) is 14.1 Å². The Balaban J connectivity index is 1.87. The van der Waals surface area contributed by atoms with Gasteiger partial charge in [0, 0.05) is 11.9 Å². The number of aromatic nitrogens is 4. The molecule has 17 nitrogen and oxygen atoms in total. The number of β-lactam (4-membered cyclic amide) rings is 1. The Morgan fingerprint density at radius 2 is 2.05 bits per heavy atom. The number of rotatable bonds is 11. The van der Waals surface area contributed by atoms with Crippen LogP contribution in [0.5, 0.6) is 0 Å². The van der Waals surface area contributed by atoms with Gasteiger partial charge in [-0.1, -0.05) is 5.16 Å². The lowest BCUT2D eigenvalue weighted by molar-refractivity contribution is -0.161. The molecule has 3 heterocycles. The summed E-state index contributed by atoms with van der Waals surface area (Å²) in [5, 5.41) is 24.9. The zero-order chi connectivity index (χ0) is 27.7. The number of nitrogens with one attached hydrogen (secondary N) is 1. The molecule has 2 aromatic rings. The van der Waals surface area contributed by atoms with Crippen LogP contribution in [-0.4, -0.2) is 103 Å². The number of nitrogen functional groups attached to an aromatic ring is 1. The predicted molar refractivity (Wildman–Crippen MR) is 127 cm³/mol. The molecule has 0 spiro atoms. The quantitative estimate of drug-likeness (QED) is 0.103. The molecule has 2 atom stereocenters. The second kappa shape index (κ2) is 10.4. The SMILES string of the molecule is CN(C)Cc1cnn(CC2C(NC(=O)/C(=N\OC(C)(C)C(=O)O)c3csc(N)n3)C(=O)N2S(=O)(=O)O)n1. The summed E-state index contributed by atoms with van der Waals surface area (Å²) in [7, 11) is -1.34. The third kappa shape index (κ3) is 6.37. The maximum absolute atomic E-state index is 13.1. The Hall–Kier alpha value is -3.68. The van der Waals surface area contributed by atoms with Gasteiger partial charge in [0.2, 0.25) is 5.60 Å². The first-order chi connectivity index (χ1) is 17.1. The van der Waals surface area contributed by atoms with Gasteiger partial charge in [-0.15, -0.1) is 11.3 Å². The van der Waals surface area contributed by atoms with Crippen LogP contribution in [0.2, 0.25) is 0 Å². The standard InChI is InChI=1S/C18H25N9O8S2/c1-18(2,16(30)31)35-24-12(10-8-36-17(19)21-10)14(28)22-13-11(27(15(13)29)37(32,33)34)7-26-20-5-9(23-26)6-25(3)4/h5,8,11,13H,6-7H2,1-4H3,(H2,19,21)(H,22,28)(H,30,31)(H,32,33,34)/b24-12-. The van der Waals surface area contributed by atoms with Gasteiger partial charge in [-0.2, -0.15) is 23.4 Å². The van der Waals surface area contributed by atoms with E-state index in [4.69, 9.17) is 10.6 Å². The van der Waals surface area contributed by atoms with Gasteiger partial charge in [0.1, 0.15) is 17.8 Å². The van der Waals surface area contributed by atoms with Crippen LogP contribution in [0.3, 0.4) is 0 Å². The van der Waals surface area contributed by atoms with Gasteiger partial charge in [0.15, 0.2) is 10.8 Å². The summed E-state index contributed by atoms with van der Waals surface area (Å²) in [6.07, 6.45) is 1.45. The van der Waals surface area contributed by atoms with Crippen molar-refractivity contribution >= 4 is 50.3 Å². The highest BCUT2D eigenvalue weighted by Crippen LogP contribution is 2.25. The lowest BCUT2D eigenvalue weighted by Gasteiger charge is -2.43. The van der Waals surface area contributed by atoms with E-state index < -0.39 is 51.5 Å². The summed E-state index contributed by atoms with van der Waals surface area (Å²) in [5.74, 6) is -3.52. The molecule has 2 unspecified atom stereocenters. The van der Waals surface area contributed by atoms with Crippen molar-refractivity contribution in [2.75, 3.05) is 19.8 Å². The fourth-order valence-electron chi connectivity index (χ4n) is 3.13. The maximum Gasteiger partial charge on any atom is 0.362 e. The third-order valence-corrected chi connectivity index (χ3v) is 6.60. The Morgan fingerprint density at radius 1 is 1.38 bits per heavy atom. The summed E-state index contributed by atoms with van der Waals surface area (Å²) in [4.78, 5) is 49.0. The number of carbonyl (C=O) groups excluding carboxylic acids is 2. The number of amides is 2. The number of thiazole rings is 1. The fraction of sp³-hybridized carbons (Fsp3) is 0.500. The summed E-state index contributed by atoms with van der Waals surface area (Å²) >= 11 is 0.965. The number of nitrogens with zero attached hydrogens (tertiary/aromatic N) is 7. The van der Waals surface area contributed by atoms with E-state index in [1.807, 2.05) is 19.0 Å². The molecule has 1 aliphatic rings. The first kappa shape index (κ1) is 27.9. The van der Waals surface area contributed by atoms with Crippen LogP contribution in [0.25, 0.3) is 0 Å². The number of hydrogen-bond donors (Lipinski definition) is 4. The van der Waals surface area contributed by atoms with Crippen LogP contribution in [0.15, 0.2) is 16.7 Å². The first-order valence-electron chi connectivity index (χ1n) is 10.5. The molecular weight excluding hydrogens is 534 g/mol. The highest BCUT2D eigenvalue weighted by atomic mass is 32.2. The second-order valence-corrected chi connectivity index (χ2v) is 10.9. The zero-order valence-electron chi connectivity index (χ0n) is 20.1. The van der Waals surface area contributed by atoms with E-state index >= 15 is 0 Å². The molecular formula is C18H25N9O8S2. The number of oxime groups is 1. The van der Waals surface area contributed by atoms with Crippen LogP contribution in [0, 0.1) is 0 Å². The van der Waals surface area contributed by atoms with Crippen LogP contribution >= 0.6 is 11.3 Å². The summed E-state index contributed by atoms with van der Waals surface area (Å²) in [6.45, 7) is 2.54. The Labute approximate surface area is 214 Å². The number of carbonyl (C=O) groups is 3. The monoisotopic (exact) mass is 559 g/mol. The van der Waals surface area contributed by atoms with E-state index in [-0.39, 0.29) is 21.7 Å². The van der Waals surface area contributed by atoms with Gasteiger partial charge in [0.05, 0.1) is 18.4 Å². The van der Waals surface area contributed by atoms with Crippen molar-refractivity contribution in [3.05, 3.63) is 23.0 Å². The minimum absolute atomic E-state index is 0.0708. The number of hydrogen-bond acceptors (Lipinski definition) is 13. The average molecular weight is 560 g/mol. The molecule has 0 saturated carbocycles. The van der Waals surface area contributed by atoms with E-state index in [1.165, 1.54) is 25.4 Å². The molecule has 0 bridgehead atoms. The molecule has 2 amide bonds. The van der Waals surface area contributed by atoms with Gasteiger partial charge in [-0.25, -0.2) is 14.1 Å². The largest absolute Gasteiger partial charge is 0.478 e. The van der Waals surface area contributed by atoms with Gasteiger partial charge in [-0.05, 0) is 27.9 Å². The molecule has 2 aromatic heterocycles. The molecule has 0 radical (unpaired) electrons. The number of anilines is 1. The number of carboxylic acids is 1. The summed E-state index contributed by atoms with van der Waals surface area (Å²) in [5.41, 5.74) is 3.78. The molecule has 5 N–H and O–H groups in total. The van der Waals surface area contributed by atoms with Crippen LogP contribution in [0.1, 0.15) is 25.2 Å². The number of carboxylic acid groups (broad SMARTS) is 1. The predicted octanol–water partition coefficient (Wildman–Crippen LogP) is -1.84. The lowest BCUT2D eigenvalue weighted by atomic mass is 9.98. The van der Waals surface area contributed by atoms with E-state index in [2.05, 4.69) is 25.7 Å². The molecule has 37 heavy (non-hydrogen) atoms. The van der Waals surface area contributed by atoms with Gasteiger partial charge < -0.3 is 25.9 Å². The third-order valence-electron chi connectivity index (χ3n) is 4.98. The van der Waals surface area contributed by atoms with Crippen LogP contribution in [-0.2, 0) is 42.6 Å². The Kier molecular flexibility index (Phi) is 7.81. The van der Waals surface area contributed by atoms with E-state index in [1.54, 1.807) is 0 Å². The first-order valence-corrected chi connectivity index (χ1v) is 12.7. The van der Waals surface area contributed by atoms with Crippen molar-refractivity contribution in [2.24, 2.45) is 5.16 Å². The Bertz CT molecular complexity index is 1330. The van der Waals surface area contributed by atoms with Gasteiger partial charge in [0.25, 0.3) is 11.8 Å². The fourth-order valence-corrected chi connectivity index (χ4v) is 4.55. The average Bonchev–Trinajstić information content (AvgIpc) is 3.39. The maximum atomic E-state index is 13.1. The van der Waals surface area contributed by atoms with E-state index in [9.17, 15) is 32.5 Å². The topological polar surface area (TPSA) is 236 Å². The molecule has 0 aromatic carbocycles. The van der Waals surface area contributed by atoms with Gasteiger partial charge >= 0.3 is 16.3 Å². The summed E-state index contributed by atoms with van der Waals surface area (Å²) in [6, 6.07) is -2.73. The van der Waals surface area contributed by atoms with Crippen molar-refractivity contribution in [1.82, 2.24) is 34.5 Å². The molecule has 19 heteroatoms. The lowest BCUT2D eigenvalue weighted by Crippen LogP contribution is -2.73. The molecule has 0 aliphatic carbocycles. The van der Waals surface area contributed by atoms with Crippen molar-refractivity contribution < 1.29 is 37.3 Å². The minimum atomic E-state index is -4.97. The molecule has 1 fully saturated rings. The minimum Gasteiger partial charge on any atom is -0.478 e. The smallest absolute Gasteiger partial charge is 0.362 e. The van der Waals surface area contributed by atoms with Crippen molar-refractivity contribution in [2.45, 2.75) is 44.6 Å². The normalized spacial score (nSPS) is 18.6. The molecule has 202 valence electrons. The molecule has 3 rings (SSSR count). The van der Waals surface area contributed by atoms with Crippen LogP contribution in [0.4, 0.5) is 5.13 Å². The Morgan fingerprint density at radius 3 is 2.59 bits per heavy atom. The molecule has 1 saturated heterocycles. The number of nitrogens with two attached hydrogens (primary N) is 1. The zero-order valence-corrected chi connectivity index (χ0v) is 21.7. The van der Waals surface area contributed by atoms with E-state index in [0.29, 0.717) is 12.2 Å². The van der Waals surface area contributed by atoms with Crippen molar-refractivity contribution in [3.63, 3.8) is 0 Å². The van der Waals surface area contributed by atoms with E-state index in [0.717, 1.165) is 16.1 Å². The number of aliphatic carboxylic acids is 1. The summed E-state index contributed by atoms with van der Waals surface area (Å²) < 4.78 is 33.4. The second-order valence-electron chi connectivity index (χ2n) is 8.68. The van der Waals surface area contributed by atoms with Crippen molar-refractivity contribution in [3.8, 4) is 0 Å². The van der Waals surface area contributed by atoms with Crippen LogP contribution < -0.4 is 11.1 Å². The highest BCUT2D eigenvalue weighted by Gasteiger charge is 2.54. The van der Waals surface area contributed by atoms with Crippen molar-refractivity contribution in [1.29, 1.82) is 0 Å². The molecule has 1 aliphatic heterocycles.